The van der Waals surface area contributed by atoms with E-state index < -0.39 is 12.1 Å². The number of hydrogen-bond donors (Lipinski definition) is 1. The Hall–Kier alpha value is -1.35. The van der Waals surface area contributed by atoms with Crippen molar-refractivity contribution in [3.05, 3.63) is 0 Å². The van der Waals surface area contributed by atoms with E-state index in [0.717, 1.165) is 51.4 Å². The fraction of sp³-hybridized carbons (Fsp3) is 0.882. The zero-order valence-electron chi connectivity index (χ0n) is 15.1. The molecule has 3 rings (SSSR count). The van der Waals surface area contributed by atoms with Gasteiger partial charge in [0, 0.05) is 26.7 Å². The number of ether oxygens (including phenoxy) is 1. The number of carbonyl (C=O) groups is 2. The highest BCUT2D eigenvalue weighted by molar-refractivity contribution is 5.85. The van der Waals surface area contributed by atoms with Crippen molar-refractivity contribution >= 4 is 11.9 Å². The van der Waals surface area contributed by atoms with Gasteiger partial charge in [0.25, 0.3) is 0 Å². The first kappa shape index (κ1) is 21.0. The molecule has 2 saturated heterocycles. The molecule has 2 heterocycles. The lowest BCUT2D eigenvalue weighted by molar-refractivity contribution is -0.192. The second kappa shape index (κ2) is 8.56. The Morgan fingerprint density at radius 2 is 1.77 bits per heavy atom. The van der Waals surface area contributed by atoms with Crippen LogP contribution in [-0.4, -0.2) is 79.4 Å². The highest BCUT2D eigenvalue weighted by atomic mass is 19.4. The maximum absolute atomic E-state index is 12.6. The molecule has 1 aliphatic carbocycles. The summed E-state index contributed by atoms with van der Waals surface area (Å²) in [4.78, 5) is 26.1. The van der Waals surface area contributed by atoms with Gasteiger partial charge in [0.2, 0.25) is 5.91 Å². The van der Waals surface area contributed by atoms with Crippen molar-refractivity contribution in [3.63, 3.8) is 0 Å². The molecule has 0 aromatic carbocycles. The Labute approximate surface area is 151 Å². The van der Waals surface area contributed by atoms with Gasteiger partial charge in [-0.15, -0.1) is 0 Å². The molecule has 3 aliphatic rings. The number of likely N-dealkylation sites (tertiary alicyclic amines) is 2. The topological polar surface area (TPSA) is 70.1 Å². The van der Waals surface area contributed by atoms with E-state index in [1.165, 1.54) is 19.4 Å². The van der Waals surface area contributed by atoms with Gasteiger partial charge in [0.05, 0.1) is 12.0 Å². The van der Waals surface area contributed by atoms with E-state index in [9.17, 15) is 18.0 Å². The summed E-state index contributed by atoms with van der Waals surface area (Å²) in [6.07, 6.45) is 0.966. The van der Waals surface area contributed by atoms with Crippen LogP contribution in [-0.2, 0) is 14.3 Å². The fourth-order valence-corrected chi connectivity index (χ4v) is 3.60. The predicted molar refractivity (Wildman–Crippen MR) is 87.6 cm³/mol. The van der Waals surface area contributed by atoms with Gasteiger partial charge in [-0.2, -0.15) is 13.2 Å². The van der Waals surface area contributed by atoms with Crippen molar-refractivity contribution in [2.75, 3.05) is 46.4 Å². The maximum Gasteiger partial charge on any atom is 0.490 e. The molecule has 0 unspecified atom stereocenters. The number of carboxylic acid groups (broad SMARTS) is 1. The summed E-state index contributed by atoms with van der Waals surface area (Å²) in [6, 6.07) is 0. The molecule has 0 radical (unpaired) electrons. The minimum atomic E-state index is -5.08. The minimum Gasteiger partial charge on any atom is -0.475 e. The highest BCUT2D eigenvalue weighted by Crippen LogP contribution is 2.42. The van der Waals surface area contributed by atoms with Crippen LogP contribution in [0.25, 0.3) is 0 Å². The lowest BCUT2D eigenvalue weighted by atomic mass is 9.77. The second-order valence-corrected chi connectivity index (χ2v) is 7.36. The van der Waals surface area contributed by atoms with E-state index in [-0.39, 0.29) is 5.41 Å². The normalized spacial score (nSPS) is 23.1. The molecule has 2 aliphatic heterocycles. The number of piperidine rings is 1. The molecule has 9 heteroatoms. The molecular weight excluding hydrogens is 353 g/mol. The van der Waals surface area contributed by atoms with Gasteiger partial charge in [-0.1, -0.05) is 0 Å². The van der Waals surface area contributed by atoms with Crippen molar-refractivity contribution in [2.24, 2.45) is 11.3 Å². The van der Waals surface area contributed by atoms with E-state index in [1.54, 1.807) is 7.11 Å². The number of rotatable bonds is 5. The van der Waals surface area contributed by atoms with Gasteiger partial charge in [0.15, 0.2) is 0 Å². The van der Waals surface area contributed by atoms with E-state index in [4.69, 9.17) is 14.6 Å². The molecule has 6 nitrogen and oxygen atoms in total. The zero-order valence-corrected chi connectivity index (χ0v) is 15.1. The zero-order chi connectivity index (χ0) is 19.4. The van der Waals surface area contributed by atoms with Gasteiger partial charge >= 0.3 is 12.1 Å². The van der Waals surface area contributed by atoms with E-state index in [1.807, 2.05) is 4.90 Å². The molecule has 3 fully saturated rings. The van der Waals surface area contributed by atoms with Crippen molar-refractivity contribution < 1.29 is 32.6 Å². The van der Waals surface area contributed by atoms with Gasteiger partial charge < -0.3 is 19.6 Å². The van der Waals surface area contributed by atoms with Crippen molar-refractivity contribution in [3.8, 4) is 0 Å². The third-order valence-electron chi connectivity index (χ3n) is 5.44. The number of nitrogens with zero attached hydrogens (tertiary/aromatic N) is 2. The standard InChI is InChI=1S/C15H26N2O2.C2HF3O2/c1-19-11-10-17-9-6-15(14(17)18)4-7-16(8-5-15)12-13-2-3-13;3-2(4,5)1(6)7/h13H,2-12H2,1H3;(H,6,7). The number of halogens is 3. The molecule has 150 valence electrons. The van der Waals surface area contributed by atoms with Crippen LogP contribution in [0.4, 0.5) is 13.2 Å². The fourth-order valence-electron chi connectivity index (χ4n) is 3.60. The average Bonchev–Trinajstić information content (AvgIpc) is 3.35. The van der Waals surface area contributed by atoms with Gasteiger partial charge in [0.1, 0.15) is 0 Å². The number of hydrogen-bond acceptors (Lipinski definition) is 4. The lowest BCUT2D eigenvalue weighted by Gasteiger charge is -2.38. The molecule has 0 aromatic rings. The third-order valence-corrected chi connectivity index (χ3v) is 5.44. The van der Waals surface area contributed by atoms with Crippen LogP contribution in [0.3, 0.4) is 0 Å². The van der Waals surface area contributed by atoms with E-state index in [2.05, 4.69) is 4.90 Å². The number of aliphatic carboxylic acids is 1. The summed E-state index contributed by atoms with van der Waals surface area (Å²) in [5.41, 5.74) is -0.0200. The van der Waals surface area contributed by atoms with Gasteiger partial charge in [-0.3, -0.25) is 4.79 Å². The first-order valence-electron chi connectivity index (χ1n) is 8.99. The molecule has 0 atom stereocenters. The van der Waals surface area contributed by atoms with Crippen LogP contribution in [0.15, 0.2) is 0 Å². The Kier molecular flexibility index (Phi) is 6.90. The average molecular weight is 380 g/mol. The van der Waals surface area contributed by atoms with Crippen LogP contribution < -0.4 is 0 Å². The summed E-state index contributed by atoms with van der Waals surface area (Å²) in [5, 5.41) is 7.12. The minimum absolute atomic E-state index is 0.0200. The SMILES string of the molecule is COCCN1CCC2(CCN(CC3CC3)CC2)C1=O.O=C(O)C(F)(F)F. The van der Waals surface area contributed by atoms with Gasteiger partial charge in [-0.05, 0) is 51.1 Å². The third kappa shape index (κ3) is 5.57. The smallest absolute Gasteiger partial charge is 0.475 e. The monoisotopic (exact) mass is 380 g/mol. The van der Waals surface area contributed by atoms with Gasteiger partial charge in [-0.25, -0.2) is 4.79 Å². The van der Waals surface area contributed by atoms with E-state index >= 15 is 0 Å². The summed E-state index contributed by atoms with van der Waals surface area (Å²) in [5.74, 6) is -1.39. The molecule has 1 amide bonds. The van der Waals surface area contributed by atoms with Crippen molar-refractivity contribution in [2.45, 2.75) is 38.3 Å². The second-order valence-electron chi connectivity index (χ2n) is 7.36. The molecule has 0 bridgehead atoms. The predicted octanol–water partition coefficient (Wildman–Crippen LogP) is 1.99. The molecule has 26 heavy (non-hydrogen) atoms. The molecule has 1 N–H and O–H groups in total. The largest absolute Gasteiger partial charge is 0.490 e. The van der Waals surface area contributed by atoms with Crippen molar-refractivity contribution in [1.82, 2.24) is 9.80 Å². The molecular formula is C17H27F3N2O4. The maximum atomic E-state index is 12.6. The first-order valence-corrected chi connectivity index (χ1v) is 8.99. The molecule has 1 saturated carbocycles. The summed E-state index contributed by atoms with van der Waals surface area (Å²) in [7, 11) is 1.70. The lowest BCUT2D eigenvalue weighted by Crippen LogP contribution is -2.45. The summed E-state index contributed by atoms with van der Waals surface area (Å²) >= 11 is 0. The number of methoxy groups -OCH3 is 1. The Bertz CT molecular complexity index is 501. The van der Waals surface area contributed by atoms with Crippen LogP contribution in [0, 0.1) is 11.3 Å². The first-order chi connectivity index (χ1) is 12.2. The Morgan fingerprint density at radius 1 is 1.23 bits per heavy atom. The van der Waals surface area contributed by atoms with Crippen LogP contribution in [0.1, 0.15) is 32.1 Å². The van der Waals surface area contributed by atoms with Crippen LogP contribution in [0.2, 0.25) is 0 Å². The Morgan fingerprint density at radius 3 is 2.23 bits per heavy atom. The number of alkyl halides is 3. The van der Waals surface area contributed by atoms with Crippen LogP contribution >= 0.6 is 0 Å². The number of amides is 1. The molecule has 0 aromatic heterocycles. The van der Waals surface area contributed by atoms with Crippen LogP contribution in [0.5, 0.6) is 0 Å². The quantitative estimate of drug-likeness (QED) is 0.790. The van der Waals surface area contributed by atoms with Crippen molar-refractivity contribution in [1.29, 1.82) is 0 Å². The molecule has 1 spiro atoms. The van der Waals surface area contributed by atoms with E-state index in [0.29, 0.717) is 12.5 Å². The summed E-state index contributed by atoms with van der Waals surface area (Å²) < 4.78 is 36.8. The highest BCUT2D eigenvalue weighted by Gasteiger charge is 2.48. The Balaban J connectivity index is 0.000000298. The number of carboxylic acids is 1. The summed E-state index contributed by atoms with van der Waals surface area (Å²) in [6.45, 7) is 5.89. The number of carbonyl (C=O) groups excluding carboxylic acids is 1.